The number of amidine groups is 1. The molecule has 1 fully saturated rings. The molecule has 0 bridgehead atoms. The molecule has 0 spiro atoms. The Bertz CT molecular complexity index is 1030. The topological polar surface area (TPSA) is 48.3 Å². The van der Waals surface area contributed by atoms with Gasteiger partial charge >= 0.3 is 0 Å². The van der Waals surface area contributed by atoms with Crippen LogP contribution in [-0.2, 0) is 4.74 Å². The molecule has 2 heterocycles. The molecule has 5 nitrogen and oxygen atoms in total. The lowest BCUT2D eigenvalue weighted by Gasteiger charge is -2.36. The van der Waals surface area contributed by atoms with Gasteiger partial charge in [-0.1, -0.05) is 42.1 Å². The molecule has 0 amide bonds. The Balaban J connectivity index is 1.67. The third-order valence-corrected chi connectivity index (χ3v) is 5.37. The molecule has 2 aliphatic heterocycles. The van der Waals surface area contributed by atoms with Crippen LogP contribution in [0.5, 0.6) is 0 Å². The van der Waals surface area contributed by atoms with Gasteiger partial charge in [-0.2, -0.15) is 0 Å². The highest BCUT2D eigenvalue weighted by Gasteiger charge is 2.24. The minimum absolute atomic E-state index is 0.104. The number of nitrogens with zero attached hydrogens (tertiary/aromatic N) is 3. The molecule has 0 unspecified atom stereocenters. The van der Waals surface area contributed by atoms with E-state index in [1.165, 1.54) is 11.8 Å². The second-order valence-electron chi connectivity index (χ2n) is 6.01. The highest BCUT2D eigenvalue weighted by Crippen LogP contribution is 2.40. The van der Waals surface area contributed by atoms with Crippen LogP contribution >= 0.6 is 11.8 Å². The monoisotopic (exact) mass is 389 g/mol. The van der Waals surface area contributed by atoms with Crippen molar-refractivity contribution in [2.24, 2.45) is 4.99 Å². The van der Waals surface area contributed by atoms with E-state index in [1.807, 2.05) is 48.5 Å². The maximum atomic E-state index is 8.99. The second-order valence-corrected chi connectivity index (χ2v) is 7.10. The SMILES string of the molecule is [2H]C([2H])(CO)OCCN1CC([2H])([2H])N(C2=Nc3ccccc3Sc3ccccc32)C([2H])([2H])C1. The van der Waals surface area contributed by atoms with E-state index < -0.39 is 26.2 Å². The van der Waals surface area contributed by atoms with E-state index in [1.54, 1.807) is 4.90 Å². The lowest BCUT2D eigenvalue weighted by atomic mass is 10.1. The summed E-state index contributed by atoms with van der Waals surface area (Å²) in [5.74, 6) is 0.241. The van der Waals surface area contributed by atoms with Crippen LogP contribution < -0.4 is 0 Å². The molecule has 142 valence electrons. The average Bonchev–Trinajstić information content (AvgIpc) is 2.88. The minimum atomic E-state index is -2.19. The summed E-state index contributed by atoms with van der Waals surface area (Å²) in [7, 11) is 0. The van der Waals surface area contributed by atoms with Gasteiger partial charge < -0.3 is 14.7 Å². The fraction of sp³-hybridized carbons (Fsp3) is 0.381. The summed E-state index contributed by atoms with van der Waals surface area (Å²) in [5, 5.41) is 8.99. The molecule has 6 heteroatoms. The van der Waals surface area contributed by atoms with Gasteiger partial charge in [0.25, 0.3) is 0 Å². The van der Waals surface area contributed by atoms with Gasteiger partial charge in [0, 0.05) is 48.0 Å². The largest absolute Gasteiger partial charge is 0.394 e. The summed E-state index contributed by atoms with van der Waals surface area (Å²) in [5.41, 5.74) is 1.32. The fourth-order valence-electron chi connectivity index (χ4n) is 2.89. The molecular weight excluding hydrogens is 358 g/mol. The number of benzene rings is 2. The number of piperazine rings is 1. The van der Waals surface area contributed by atoms with Gasteiger partial charge in [0.05, 0.1) is 33.7 Å². The van der Waals surface area contributed by atoms with E-state index in [-0.39, 0.29) is 32.1 Å². The van der Waals surface area contributed by atoms with Crippen LogP contribution in [0.1, 0.15) is 13.8 Å². The van der Waals surface area contributed by atoms with Crippen LogP contribution in [0.25, 0.3) is 0 Å². The molecule has 0 aromatic heterocycles. The summed E-state index contributed by atoms with van der Waals surface area (Å²) in [6, 6.07) is 15.0. The first-order valence-electron chi connectivity index (χ1n) is 11.7. The van der Waals surface area contributed by atoms with Gasteiger partial charge in [-0.3, -0.25) is 4.90 Å². The van der Waals surface area contributed by atoms with Gasteiger partial charge in [-0.15, -0.1) is 0 Å². The van der Waals surface area contributed by atoms with Gasteiger partial charge in [-0.25, -0.2) is 4.99 Å². The molecule has 0 radical (unpaired) electrons. The molecule has 1 N–H and O–H groups in total. The number of hydrogen-bond donors (Lipinski definition) is 1. The van der Waals surface area contributed by atoms with E-state index >= 15 is 0 Å². The normalized spacial score (nSPS) is 24.6. The summed E-state index contributed by atoms with van der Waals surface area (Å²) in [6.07, 6.45) is 0. The first kappa shape index (κ1) is 12.6. The standard InChI is InChI=1S/C21H25N3O2S/c25-14-16-26-15-13-23-9-11-24(12-10-23)21-17-5-1-3-7-19(17)27-20-8-4-2-6-18(20)22-21/h1-8,25H,9-16H2/i11D2,12D2,16D2. The lowest BCUT2D eigenvalue weighted by Crippen LogP contribution is -2.49. The fourth-order valence-corrected chi connectivity index (χ4v) is 3.91. The molecule has 0 aliphatic carbocycles. The molecule has 2 aromatic rings. The predicted octanol–water partition coefficient (Wildman–Crippen LogP) is 2.86. The number of aliphatic imine (C=N–C) groups is 1. The smallest absolute Gasteiger partial charge is 0.137 e. The third kappa shape index (κ3) is 4.35. The summed E-state index contributed by atoms with van der Waals surface area (Å²) < 4.78 is 55.0. The van der Waals surface area contributed by atoms with Crippen molar-refractivity contribution >= 4 is 23.3 Å². The molecule has 27 heavy (non-hydrogen) atoms. The van der Waals surface area contributed by atoms with Crippen molar-refractivity contribution in [1.29, 1.82) is 0 Å². The summed E-state index contributed by atoms with van der Waals surface area (Å²) in [6.45, 7) is -7.41. The van der Waals surface area contributed by atoms with Crippen molar-refractivity contribution in [2.45, 2.75) is 9.79 Å². The molecular formula is C21H25N3O2S. The number of ether oxygens (including phenoxy) is 1. The van der Waals surface area contributed by atoms with Crippen molar-refractivity contribution in [3.8, 4) is 0 Å². The number of para-hydroxylation sites is 1. The van der Waals surface area contributed by atoms with Crippen LogP contribution in [0.4, 0.5) is 5.69 Å². The lowest BCUT2D eigenvalue weighted by molar-refractivity contribution is 0.0652. The molecule has 2 aliphatic rings. The number of aliphatic hydroxyl groups excluding tert-OH is 1. The van der Waals surface area contributed by atoms with Crippen molar-refractivity contribution in [2.75, 3.05) is 52.4 Å². The summed E-state index contributed by atoms with van der Waals surface area (Å²) in [4.78, 5) is 9.23. The Morgan fingerprint density at radius 1 is 1.11 bits per heavy atom. The highest BCUT2D eigenvalue weighted by atomic mass is 32.2. The Kier molecular flexibility index (Phi) is 4.14. The second kappa shape index (κ2) is 8.89. The Hall–Kier alpha value is -1.86. The van der Waals surface area contributed by atoms with E-state index in [0.29, 0.717) is 11.3 Å². The molecule has 2 aromatic carbocycles. The molecule has 0 saturated carbocycles. The van der Waals surface area contributed by atoms with E-state index in [0.717, 1.165) is 14.7 Å². The first-order valence-corrected chi connectivity index (χ1v) is 9.57. The minimum Gasteiger partial charge on any atom is -0.394 e. The quantitative estimate of drug-likeness (QED) is 0.852. The first-order chi connectivity index (χ1) is 15.5. The van der Waals surface area contributed by atoms with Crippen molar-refractivity contribution in [3.63, 3.8) is 0 Å². The van der Waals surface area contributed by atoms with Crippen molar-refractivity contribution < 1.29 is 18.1 Å². The van der Waals surface area contributed by atoms with E-state index in [2.05, 4.69) is 0 Å². The van der Waals surface area contributed by atoms with Crippen molar-refractivity contribution in [3.05, 3.63) is 54.1 Å². The van der Waals surface area contributed by atoms with Crippen molar-refractivity contribution in [1.82, 2.24) is 9.80 Å². The van der Waals surface area contributed by atoms with Crippen LogP contribution in [0, 0.1) is 0 Å². The summed E-state index contributed by atoms with van der Waals surface area (Å²) >= 11 is 1.52. The maximum absolute atomic E-state index is 8.99. The van der Waals surface area contributed by atoms with Crippen LogP contribution in [0.3, 0.4) is 0 Å². The van der Waals surface area contributed by atoms with E-state index in [4.69, 9.17) is 23.1 Å². The highest BCUT2D eigenvalue weighted by molar-refractivity contribution is 7.99. The Labute approximate surface area is 173 Å². The number of hydrogen-bond acceptors (Lipinski definition) is 6. The number of aliphatic hydroxyl groups is 1. The third-order valence-electron chi connectivity index (χ3n) is 4.23. The Morgan fingerprint density at radius 3 is 2.67 bits per heavy atom. The number of fused-ring (bicyclic) bond motifs is 2. The average molecular weight is 390 g/mol. The molecule has 0 atom stereocenters. The van der Waals surface area contributed by atoms with Crippen LogP contribution in [0.15, 0.2) is 63.3 Å². The zero-order chi connectivity index (χ0) is 23.9. The maximum Gasteiger partial charge on any atom is 0.137 e. The van der Waals surface area contributed by atoms with Gasteiger partial charge in [-0.05, 0) is 18.2 Å². The Morgan fingerprint density at radius 2 is 1.85 bits per heavy atom. The van der Waals surface area contributed by atoms with Gasteiger partial charge in [0.15, 0.2) is 0 Å². The van der Waals surface area contributed by atoms with Gasteiger partial charge in [0.2, 0.25) is 0 Å². The zero-order valence-corrected chi connectivity index (χ0v) is 15.6. The predicted molar refractivity (Wildman–Crippen MR) is 109 cm³/mol. The van der Waals surface area contributed by atoms with E-state index in [9.17, 15) is 0 Å². The molecule has 1 saturated heterocycles. The zero-order valence-electron chi connectivity index (χ0n) is 20.8. The molecule has 4 rings (SSSR count). The number of rotatable bonds is 5. The van der Waals surface area contributed by atoms with Crippen LogP contribution in [-0.4, -0.2) is 73.1 Å². The van der Waals surface area contributed by atoms with Gasteiger partial charge in [0.1, 0.15) is 5.84 Å². The van der Waals surface area contributed by atoms with Crippen LogP contribution in [0.2, 0.25) is 0 Å².